The molecule has 0 aliphatic carbocycles. The monoisotopic (exact) mass is 366 g/mol. The molecule has 0 spiro atoms. The Balaban J connectivity index is 2.44. The first-order chi connectivity index (χ1) is 12.0. The minimum atomic E-state index is -0.694. The van der Waals surface area contributed by atoms with Crippen molar-refractivity contribution >= 4 is 23.8 Å². The minimum absolute atomic E-state index is 0.298. The Hall–Kier alpha value is -2.35. The number of carbonyl (C=O) groups excluding carboxylic acids is 2. The van der Waals surface area contributed by atoms with Crippen LogP contribution < -0.4 is 20.1 Å². The summed E-state index contributed by atoms with van der Waals surface area (Å²) in [6, 6.07) is 4.12. The average molecular weight is 366 g/mol. The van der Waals surface area contributed by atoms with Crippen molar-refractivity contribution in [2.24, 2.45) is 0 Å². The first-order valence-corrected chi connectivity index (χ1v) is 9.07. The van der Waals surface area contributed by atoms with Crippen molar-refractivity contribution in [1.82, 2.24) is 10.6 Å². The second kappa shape index (κ2) is 8.66. The van der Waals surface area contributed by atoms with E-state index in [1.165, 1.54) is 7.11 Å². The molecule has 8 heteroatoms. The highest BCUT2D eigenvalue weighted by Crippen LogP contribution is 2.35. The Morgan fingerprint density at radius 1 is 1.28 bits per heavy atom. The van der Waals surface area contributed by atoms with Crippen LogP contribution in [0.1, 0.15) is 18.5 Å². The summed E-state index contributed by atoms with van der Waals surface area (Å²) in [7, 11) is 3.08. The molecule has 25 heavy (non-hydrogen) atoms. The molecular weight excluding hydrogens is 344 g/mol. The fourth-order valence-electron chi connectivity index (χ4n) is 2.56. The Kier molecular flexibility index (Phi) is 6.58. The van der Waals surface area contributed by atoms with Gasteiger partial charge in [0, 0.05) is 17.0 Å². The molecule has 1 aromatic rings. The molecular formula is C17H22N2O5S. The van der Waals surface area contributed by atoms with Crippen LogP contribution in [0, 0.1) is 0 Å². The molecule has 2 amide bonds. The number of amides is 2. The molecule has 1 atom stereocenters. The molecule has 0 fully saturated rings. The molecule has 0 aromatic heterocycles. The van der Waals surface area contributed by atoms with Gasteiger partial charge in [-0.15, -0.1) is 0 Å². The van der Waals surface area contributed by atoms with Gasteiger partial charge in [0.05, 0.1) is 25.8 Å². The van der Waals surface area contributed by atoms with Gasteiger partial charge in [0.15, 0.2) is 0 Å². The number of nitrogens with one attached hydrogen (secondary N) is 2. The zero-order valence-electron chi connectivity index (χ0n) is 14.7. The van der Waals surface area contributed by atoms with Crippen molar-refractivity contribution in [1.29, 1.82) is 0 Å². The zero-order valence-corrected chi connectivity index (χ0v) is 15.5. The summed E-state index contributed by atoms with van der Waals surface area (Å²) < 4.78 is 16.0. The number of ether oxygens (including phenoxy) is 3. The molecule has 1 aliphatic rings. The van der Waals surface area contributed by atoms with E-state index in [2.05, 4.69) is 10.6 Å². The summed E-state index contributed by atoms with van der Waals surface area (Å²) in [5, 5.41) is 5.38. The Morgan fingerprint density at radius 2 is 2.04 bits per heavy atom. The van der Waals surface area contributed by atoms with E-state index in [1.54, 1.807) is 44.0 Å². The third kappa shape index (κ3) is 4.39. The number of hydrogen-bond donors (Lipinski definition) is 2. The van der Waals surface area contributed by atoms with Crippen LogP contribution in [0.25, 0.3) is 0 Å². The standard InChI is InChI=1S/C17H22N2O5S/c1-10-14(16(20)24-7-8-25-4)15(19-17(21)18-10)12-9-11(22-2)5-6-13(12)23-3/h5-6,9,15H,7-8H2,1-4H3,(H2,18,19,21)/t15-/m0/s1. The van der Waals surface area contributed by atoms with E-state index in [-0.39, 0.29) is 0 Å². The maximum absolute atomic E-state index is 12.6. The summed E-state index contributed by atoms with van der Waals surface area (Å²) >= 11 is 1.58. The Bertz CT molecular complexity index is 690. The average Bonchev–Trinajstić information content (AvgIpc) is 2.60. The molecule has 136 valence electrons. The molecule has 0 radical (unpaired) electrons. The number of esters is 1. The van der Waals surface area contributed by atoms with Crippen molar-refractivity contribution < 1.29 is 23.8 Å². The quantitative estimate of drug-likeness (QED) is 0.569. The van der Waals surface area contributed by atoms with Crippen LogP contribution >= 0.6 is 11.8 Å². The highest BCUT2D eigenvalue weighted by molar-refractivity contribution is 7.98. The number of urea groups is 1. The highest BCUT2D eigenvalue weighted by atomic mass is 32.2. The van der Waals surface area contributed by atoms with Gasteiger partial charge in [-0.05, 0) is 31.4 Å². The van der Waals surface area contributed by atoms with Crippen LogP contribution in [0.3, 0.4) is 0 Å². The normalized spacial score (nSPS) is 16.8. The van der Waals surface area contributed by atoms with E-state index in [0.29, 0.717) is 40.7 Å². The Morgan fingerprint density at radius 3 is 2.68 bits per heavy atom. The first kappa shape index (κ1) is 19.0. The Labute approximate surface area is 151 Å². The number of carbonyl (C=O) groups is 2. The summed E-state index contributed by atoms with van der Waals surface area (Å²) in [4.78, 5) is 24.5. The van der Waals surface area contributed by atoms with Gasteiger partial charge in [-0.25, -0.2) is 9.59 Å². The van der Waals surface area contributed by atoms with Crippen molar-refractivity contribution in [3.63, 3.8) is 0 Å². The van der Waals surface area contributed by atoms with Crippen molar-refractivity contribution in [3.8, 4) is 11.5 Å². The fraction of sp³-hybridized carbons (Fsp3) is 0.412. The first-order valence-electron chi connectivity index (χ1n) is 7.68. The number of benzene rings is 1. The summed E-state index contributed by atoms with van der Waals surface area (Å²) in [5.74, 6) is 1.35. The zero-order chi connectivity index (χ0) is 18.4. The van der Waals surface area contributed by atoms with E-state index < -0.39 is 18.0 Å². The lowest BCUT2D eigenvalue weighted by atomic mass is 9.94. The summed E-state index contributed by atoms with van der Waals surface area (Å²) in [6.45, 7) is 1.97. The van der Waals surface area contributed by atoms with Crippen LogP contribution in [0.2, 0.25) is 0 Å². The maximum atomic E-state index is 12.6. The maximum Gasteiger partial charge on any atom is 0.338 e. The molecule has 0 saturated carbocycles. The molecule has 2 N–H and O–H groups in total. The summed E-state index contributed by atoms with van der Waals surface area (Å²) in [6.07, 6.45) is 1.94. The largest absolute Gasteiger partial charge is 0.497 e. The molecule has 0 bridgehead atoms. The molecule has 1 aromatic carbocycles. The summed E-state index contributed by atoms with van der Waals surface area (Å²) in [5.41, 5.74) is 1.41. The van der Waals surface area contributed by atoms with E-state index in [1.807, 2.05) is 6.26 Å². The van der Waals surface area contributed by atoms with Crippen molar-refractivity contribution in [2.75, 3.05) is 32.8 Å². The third-order valence-corrected chi connectivity index (χ3v) is 4.33. The number of thioether (sulfide) groups is 1. The predicted octanol–water partition coefficient (Wildman–Crippen LogP) is 2.24. The van der Waals surface area contributed by atoms with E-state index >= 15 is 0 Å². The molecule has 1 heterocycles. The van der Waals surface area contributed by atoms with Gasteiger partial charge < -0.3 is 24.8 Å². The minimum Gasteiger partial charge on any atom is -0.497 e. The van der Waals surface area contributed by atoms with Gasteiger partial charge in [-0.3, -0.25) is 0 Å². The third-order valence-electron chi connectivity index (χ3n) is 3.76. The molecule has 1 aliphatic heterocycles. The number of methoxy groups -OCH3 is 2. The van der Waals surface area contributed by atoms with Gasteiger partial charge in [0.2, 0.25) is 0 Å². The number of rotatable bonds is 7. The van der Waals surface area contributed by atoms with Crippen LogP contribution in [0.4, 0.5) is 4.79 Å². The van der Waals surface area contributed by atoms with Gasteiger partial charge in [0.25, 0.3) is 0 Å². The number of allylic oxidation sites excluding steroid dienone is 1. The predicted molar refractivity (Wildman–Crippen MR) is 96.0 cm³/mol. The molecule has 0 saturated heterocycles. The second-order valence-corrected chi connectivity index (χ2v) is 6.29. The van der Waals surface area contributed by atoms with E-state index in [9.17, 15) is 9.59 Å². The molecule has 0 unspecified atom stereocenters. The van der Waals surface area contributed by atoms with Gasteiger partial charge >= 0.3 is 12.0 Å². The van der Waals surface area contributed by atoms with Gasteiger partial charge in [-0.1, -0.05) is 0 Å². The lowest BCUT2D eigenvalue weighted by Gasteiger charge is -2.29. The molecule has 7 nitrogen and oxygen atoms in total. The van der Waals surface area contributed by atoms with Gasteiger partial charge in [0.1, 0.15) is 18.1 Å². The topological polar surface area (TPSA) is 85.9 Å². The van der Waals surface area contributed by atoms with Crippen molar-refractivity contribution in [2.45, 2.75) is 13.0 Å². The second-order valence-electron chi connectivity index (χ2n) is 5.31. The SMILES string of the molecule is COc1ccc(OC)c([C@@H]2NC(=O)NC(C)=C2C(=O)OCCSC)c1. The lowest BCUT2D eigenvalue weighted by Crippen LogP contribution is -2.45. The van der Waals surface area contributed by atoms with Crippen LogP contribution in [0.5, 0.6) is 11.5 Å². The van der Waals surface area contributed by atoms with E-state index in [4.69, 9.17) is 14.2 Å². The van der Waals surface area contributed by atoms with Crippen LogP contribution in [-0.2, 0) is 9.53 Å². The lowest BCUT2D eigenvalue weighted by molar-refractivity contribution is -0.138. The molecule has 2 rings (SSSR count). The van der Waals surface area contributed by atoms with Crippen LogP contribution in [-0.4, -0.2) is 44.8 Å². The van der Waals surface area contributed by atoms with Crippen molar-refractivity contribution in [3.05, 3.63) is 35.0 Å². The highest BCUT2D eigenvalue weighted by Gasteiger charge is 2.34. The number of hydrogen-bond acceptors (Lipinski definition) is 6. The van der Waals surface area contributed by atoms with Crippen LogP contribution in [0.15, 0.2) is 29.5 Å². The van der Waals surface area contributed by atoms with Gasteiger partial charge in [-0.2, -0.15) is 11.8 Å². The smallest absolute Gasteiger partial charge is 0.338 e. The van der Waals surface area contributed by atoms with E-state index in [0.717, 1.165) is 0 Å². The fourth-order valence-corrected chi connectivity index (χ4v) is 2.81.